The molecule has 17 heavy (non-hydrogen) atoms. The summed E-state index contributed by atoms with van der Waals surface area (Å²) in [6.45, 7) is 6.52. The van der Waals surface area contributed by atoms with Crippen molar-refractivity contribution in [3.8, 4) is 0 Å². The summed E-state index contributed by atoms with van der Waals surface area (Å²) in [7, 11) is 2.02. The van der Waals surface area contributed by atoms with Gasteiger partial charge in [0.25, 0.3) is 0 Å². The molecule has 1 rings (SSSR count). The van der Waals surface area contributed by atoms with Crippen LogP contribution in [0.5, 0.6) is 0 Å². The Kier molecular flexibility index (Phi) is 4.92. The average molecular weight is 259 g/mol. The Hall–Kier alpha value is -0.640. The highest BCUT2D eigenvalue weighted by molar-refractivity contribution is 6.30. The first-order valence-electron chi connectivity index (χ1n) is 5.66. The second-order valence-corrected chi connectivity index (χ2v) is 5.70. The van der Waals surface area contributed by atoms with Crippen molar-refractivity contribution in [3.05, 3.63) is 34.6 Å². The highest BCUT2D eigenvalue weighted by Gasteiger charge is 2.18. The zero-order valence-corrected chi connectivity index (χ0v) is 11.4. The zero-order valence-electron chi connectivity index (χ0n) is 10.6. The molecule has 0 unspecified atom stereocenters. The van der Waals surface area contributed by atoms with Crippen molar-refractivity contribution in [2.75, 3.05) is 20.1 Å². The lowest BCUT2D eigenvalue weighted by Crippen LogP contribution is -2.36. The predicted molar refractivity (Wildman–Crippen MR) is 70.6 cm³/mol. The van der Waals surface area contributed by atoms with Crippen molar-refractivity contribution >= 4 is 11.6 Å². The van der Waals surface area contributed by atoms with Gasteiger partial charge >= 0.3 is 0 Å². The zero-order chi connectivity index (χ0) is 13.1. The van der Waals surface area contributed by atoms with E-state index in [1.54, 1.807) is 12.1 Å². The summed E-state index contributed by atoms with van der Waals surface area (Å²) in [5.74, 6) is -0.375. The fourth-order valence-corrected chi connectivity index (χ4v) is 2.00. The molecule has 1 aromatic carbocycles. The Morgan fingerprint density at radius 1 is 1.41 bits per heavy atom. The molecule has 0 bridgehead atoms. The summed E-state index contributed by atoms with van der Waals surface area (Å²) >= 11 is 5.74. The molecule has 1 aromatic rings. The van der Waals surface area contributed by atoms with Gasteiger partial charge in [0, 0.05) is 13.1 Å². The minimum atomic E-state index is -0.375. The normalized spacial score (nSPS) is 12.2. The van der Waals surface area contributed by atoms with Crippen LogP contribution in [0.1, 0.15) is 19.4 Å². The molecule has 0 spiro atoms. The third-order valence-electron chi connectivity index (χ3n) is 2.69. The van der Waals surface area contributed by atoms with Crippen molar-refractivity contribution in [3.63, 3.8) is 0 Å². The SMILES string of the molecule is CN(Cc1ccc(F)c(Cl)c1)CC(C)(C)CN. The van der Waals surface area contributed by atoms with E-state index < -0.39 is 0 Å². The van der Waals surface area contributed by atoms with Crippen molar-refractivity contribution in [1.82, 2.24) is 4.90 Å². The van der Waals surface area contributed by atoms with E-state index >= 15 is 0 Å². The molecule has 0 aliphatic heterocycles. The molecule has 0 aromatic heterocycles. The monoisotopic (exact) mass is 258 g/mol. The summed E-state index contributed by atoms with van der Waals surface area (Å²) in [5, 5.41) is 0.175. The van der Waals surface area contributed by atoms with Crippen LogP contribution in [0.2, 0.25) is 5.02 Å². The van der Waals surface area contributed by atoms with Gasteiger partial charge in [-0.25, -0.2) is 4.39 Å². The van der Waals surface area contributed by atoms with Gasteiger partial charge in [0.2, 0.25) is 0 Å². The molecular weight excluding hydrogens is 239 g/mol. The molecule has 0 saturated carbocycles. The van der Waals surface area contributed by atoms with E-state index in [1.807, 2.05) is 7.05 Å². The Balaban J connectivity index is 2.62. The average Bonchev–Trinajstić information content (AvgIpc) is 2.23. The number of benzene rings is 1. The molecule has 0 radical (unpaired) electrons. The van der Waals surface area contributed by atoms with Crippen LogP contribution in [0.25, 0.3) is 0 Å². The fraction of sp³-hybridized carbons (Fsp3) is 0.538. The molecular formula is C13H20ClFN2. The van der Waals surface area contributed by atoms with E-state index in [1.165, 1.54) is 6.07 Å². The van der Waals surface area contributed by atoms with Crippen LogP contribution < -0.4 is 5.73 Å². The third kappa shape index (κ3) is 4.62. The third-order valence-corrected chi connectivity index (χ3v) is 2.98. The first-order chi connectivity index (χ1) is 7.84. The predicted octanol–water partition coefficient (Wildman–Crippen LogP) is 2.90. The van der Waals surface area contributed by atoms with Crippen LogP contribution in [0.3, 0.4) is 0 Å². The highest BCUT2D eigenvalue weighted by Crippen LogP contribution is 2.19. The van der Waals surface area contributed by atoms with E-state index in [4.69, 9.17) is 17.3 Å². The van der Waals surface area contributed by atoms with Gasteiger partial charge < -0.3 is 10.6 Å². The van der Waals surface area contributed by atoms with E-state index in [2.05, 4.69) is 18.7 Å². The van der Waals surface area contributed by atoms with Crippen LogP contribution in [0.15, 0.2) is 18.2 Å². The Morgan fingerprint density at radius 2 is 2.06 bits per heavy atom. The highest BCUT2D eigenvalue weighted by atomic mass is 35.5. The quantitative estimate of drug-likeness (QED) is 0.880. The number of nitrogens with two attached hydrogens (primary N) is 1. The van der Waals surface area contributed by atoms with Gasteiger partial charge in [-0.1, -0.05) is 31.5 Å². The van der Waals surface area contributed by atoms with Gasteiger partial charge in [-0.3, -0.25) is 0 Å². The van der Waals surface area contributed by atoms with Gasteiger partial charge in [-0.2, -0.15) is 0 Å². The molecule has 0 saturated heterocycles. The Bertz CT molecular complexity index is 380. The summed E-state index contributed by atoms with van der Waals surface area (Å²) in [6.07, 6.45) is 0. The maximum absolute atomic E-state index is 13.0. The van der Waals surface area contributed by atoms with Crippen LogP contribution in [-0.4, -0.2) is 25.0 Å². The van der Waals surface area contributed by atoms with Crippen molar-refractivity contribution in [1.29, 1.82) is 0 Å². The second-order valence-electron chi connectivity index (χ2n) is 5.29. The van der Waals surface area contributed by atoms with Gasteiger partial charge in [-0.15, -0.1) is 0 Å². The number of halogens is 2. The lowest BCUT2D eigenvalue weighted by molar-refractivity contribution is 0.210. The van der Waals surface area contributed by atoms with Gasteiger partial charge in [0.15, 0.2) is 0 Å². The number of nitrogens with zero attached hydrogens (tertiary/aromatic N) is 1. The molecule has 0 aliphatic carbocycles. The van der Waals surface area contributed by atoms with Gasteiger partial charge in [0.1, 0.15) is 5.82 Å². The van der Waals surface area contributed by atoms with E-state index in [-0.39, 0.29) is 16.3 Å². The lowest BCUT2D eigenvalue weighted by Gasteiger charge is -2.29. The van der Waals surface area contributed by atoms with E-state index in [0.717, 1.165) is 18.7 Å². The van der Waals surface area contributed by atoms with E-state index in [0.29, 0.717) is 6.54 Å². The van der Waals surface area contributed by atoms with Crippen LogP contribution in [0, 0.1) is 11.2 Å². The summed E-state index contributed by atoms with van der Waals surface area (Å²) in [4.78, 5) is 2.16. The molecule has 0 aliphatic rings. The van der Waals surface area contributed by atoms with Gasteiger partial charge in [0.05, 0.1) is 5.02 Å². The molecule has 0 amide bonds. The first-order valence-corrected chi connectivity index (χ1v) is 6.04. The minimum absolute atomic E-state index is 0.0819. The van der Waals surface area contributed by atoms with Crippen molar-refractivity contribution < 1.29 is 4.39 Å². The number of rotatable bonds is 5. The second kappa shape index (κ2) is 5.80. The molecule has 0 fully saturated rings. The molecule has 2 nitrogen and oxygen atoms in total. The largest absolute Gasteiger partial charge is 0.330 e. The lowest BCUT2D eigenvalue weighted by atomic mass is 9.93. The molecule has 4 heteroatoms. The van der Waals surface area contributed by atoms with Gasteiger partial charge in [-0.05, 0) is 36.7 Å². The van der Waals surface area contributed by atoms with Crippen LogP contribution in [-0.2, 0) is 6.54 Å². The fourth-order valence-electron chi connectivity index (χ4n) is 1.80. The minimum Gasteiger partial charge on any atom is -0.330 e. The maximum Gasteiger partial charge on any atom is 0.141 e. The number of hydrogen-bond donors (Lipinski definition) is 1. The Morgan fingerprint density at radius 3 is 2.59 bits per heavy atom. The van der Waals surface area contributed by atoms with Crippen LogP contribution in [0.4, 0.5) is 4.39 Å². The topological polar surface area (TPSA) is 29.3 Å². The van der Waals surface area contributed by atoms with E-state index in [9.17, 15) is 4.39 Å². The molecule has 0 heterocycles. The summed E-state index contributed by atoms with van der Waals surface area (Å²) < 4.78 is 13.0. The molecule has 0 atom stereocenters. The summed E-state index contributed by atoms with van der Waals surface area (Å²) in [5.41, 5.74) is 6.78. The Labute approximate surface area is 108 Å². The molecule has 2 N–H and O–H groups in total. The summed E-state index contributed by atoms with van der Waals surface area (Å²) in [6, 6.07) is 4.83. The van der Waals surface area contributed by atoms with Crippen LogP contribution >= 0.6 is 11.6 Å². The maximum atomic E-state index is 13.0. The molecule has 96 valence electrons. The van der Waals surface area contributed by atoms with Crippen molar-refractivity contribution in [2.45, 2.75) is 20.4 Å². The standard InChI is InChI=1S/C13H20ClFN2/c1-13(2,8-16)9-17(3)7-10-4-5-12(15)11(14)6-10/h4-6H,7-9,16H2,1-3H3. The van der Waals surface area contributed by atoms with Crippen molar-refractivity contribution in [2.24, 2.45) is 11.1 Å². The first kappa shape index (κ1) is 14.4. The number of hydrogen-bond acceptors (Lipinski definition) is 2. The smallest absolute Gasteiger partial charge is 0.141 e.